The number of aliphatic imine (C=N–C) groups is 1. The molecule has 0 aromatic carbocycles. The number of carbonyl (C=O) groups excluding carboxylic acids is 1. The van der Waals surface area contributed by atoms with Crippen molar-refractivity contribution >= 4 is 11.9 Å². The SMILES string of the molecule is CCOCCCCNC(=NC)N1CCC(CC(=O)NC)CC1. The van der Waals surface area contributed by atoms with Crippen LogP contribution in [-0.4, -0.2) is 63.7 Å². The molecule has 0 spiro atoms. The first-order valence-electron chi connectivity index (χ1n) is 8.45. The predicted molar refractivity (Wildman–Crippen MR) is 90.1 cm³/mol. The molecular formula is C16H32N4O2. The highest BCUT2D eigenvalue weighted by atomic mass is 16.5. The summed E-state index contributed by atoms with van der Waals surface area (Å²) in [6, 6.07) is 0. The summed E-state index contributed by atoms with van der Waals surface area (Å²) in [6.07, 6.45) is 4.92. The summed E-state index contributed by atoms with van der Waals surface area (Å²) >= 11 is 0. The fourth-order valence-electron chi connectivity index (χ4n) is 2.72. The Labute approximate surface area is 134 Å². The molecule has 1 heterocycles. The number of unbranched alkanes of at least 4 members (excludes halogenated alkanes) is 1. The van der Waals surface area contributed by atoms with E-state index in [2.05, 4.69) is 20.5 Å². The van der Waals surface area contributed by atoms with Gasteiger partial charge in [-0.25, -0.2) is 0 Å². The van der Waals surface area contributed by atoms with Gasteiger partial charge >= 0.3 is 0 Å². The highest BCUT2D eigenvalue weighted by molar-refractivity contribution is 5.80. The Morgan fingerprint density at radius 3 is 2.64 bits per heavy atom. The van der Waals surface area contributed by atoms with Crippen LogP contribution in [0.2, 0.25) is 0 Å². The summed E-state index contributed by atoms with van der Waals surface area (Å²) in [5.41, 5.74) is 0. The second-order valence-electron chi connectivity index (χ2n) is 5.69. The molecule has 0 bridgehead atoms. The molecule has 2 N–H and O–H groups in total. The number of piperidine rings is 1. The topological polar surface area (TPSA) is 66.0 Å². The molecule has 1 aliphatic heterocycles. The van der Waals surface area contributed by atoms with Gasteiger partial charge in [-0.2, -0.15) is 0 Å². The summed E-state index contributed by atoms with van der Waals surface area (Å²) in [6.45, 7) is 6.52. The summed E-state index contributed by atoms with van der Waals surface area (Å²) in [4.78, 5) is 18.1. The van der Waals surface area contributed by atoms with Gasteiger partial charge in [-0.15, -0.1) is 0 Å². The summed E-state index contributed by atoms with van der Waals surface area (Å²) in [7, 11) is 3.54. The van der Waals surface area contributed by atoms with E-state index in [1.807, 2.05) is 14.0 Å². The Bertz CT molecular complexity index is 339. The van der Waals surface area contributed by atoms with Crippen LogP contribution in [0.4, 0.5) is 0 Å². The number of hydrogen-bond acceptors (Lipinski definition) is 3. The van der Waals surface area contributed by atoms with E-state index in [4.69, 9.17) is 4.74 Å². The van der Waals surface area contributed by atoms with Crippen LogP contribution >= 0.6 is 0 Å². The maximum Gasteiger partial charge on any atom is 0.220 e. The van der Waals surface area contributed by atoms with Crippen molar-refractivity contribution in [1.29, 1.82) is 0 Å². The van der Waals surface area contributed by atoms with E-state index in [0.29, 0.717) is 12.3 Å². The lowest BCUT2D eigenvalue weighted by Gasteiger charge is -2.34. The summed E-state index contributed by atoms with van der Waals surface area (Å²) in [5.74, 6) is 1.63. The van der Waals surface area contributed by atoms with E-state index in [0.717, 1.165) is 64.5 Å². The fourth-order valence-corrected chi connectivity index (χ4v) is 2.72. The Kier molecular flexibility index (Phi) is 9.62. The van der Waals surface area contributed by atoms with Gasteiger partial charge in [0.15, 0.2) is 5.96 Å². The van der Waals surface area contributed by atoms with Gasteiger partial charge in [-0.3, -0.25) is 9.79 Å². The maximum atomic E-state index is 11.4. The fraction of sp³-hybridized carbons (Fsp3) is 0.875. The van der Waals surface area contributed by atoms with Gasteiger partial charge in [-0.1, -0.05) is 0 Å². The van der Waals surface area contributed by atoms with Crippen LogP contribution in [0.1, 0.15) is 39.0 Å². The Morgan fingerprint density at radius 1 is 1.32 bits per heavy atom. The van der Waals surface area contributed by atoms with Gasteiger partial charge in [0, 0.05) is 53.4 Å². The Morgan fingerprint density at radius 2 is 2.05 bits per heavy atom. The predicted octanol–water partition coefficient (Wildman–Crippen LogP) is 1.23. The number of nitrogens with one attached hydrogen (secondary N) is 2. The highest BCUT2D eigenvalue weighted by Crippen LogP contribution is 2.20. The number of carbonyl (C=O) groups is 1. The molecule has 0 unspecified atom stereocenters. The van der Waals surface area contributed by atoms with Crippen LogP contribution in [0, 0.1) is 5.92 Å². The lowest BCUT2D eigenvalue weighted by molar-refractivity contribution is -0.121. The average Bonchev–Trinajstić information content (AvgIpc) is 2.55. The van der Waals surface area contributed by atoms with Crippen LogP contribution in [0.15, 0.2) is 4.99 Å². The molecule has 6 heteroatoms. The molecule has 1 amide bonds. The zero-order chi connectivity index (χ0) is 16.2. The molecule has 0 radical (unpaired) electrons. The van der Waals surface area contributed by atoms with Gasteiger partial charge in [0.1, 0.15) is 0 Å². The number of rotatable bonds is 8. The van der Waals surface area contributed by atoms with Crippen LogP contribution in [0.5, 0.6) is 0 Å². The molecule has 1 aliphatic rings. The van der Waals surface area contributed by atoms with Gasteiger partial charge in [0.2, 0.25) is 5.91 Å². The third-order valence-electron chi connectivity index (χ3n) is 4.08. The zero-order valence-electron chi connectivity index (χ0n) is 14.4. The molecule has 6 nitrogen and oxygen atoms in total. The number of ether oxygens (including phenoxy) is 1. The molecular weight excluding hydrogens is 280 g/mol. The highest BCUT2D eigenvalue weighted by Gasteiger charge is 2.22. The molecule has 1 saturated heterocycles. The first-order valence-corrected chi connectivity index (χ1v) is 8.45. The van der Waals surface area contributed by atoms with E-state index >= 15 is 0 Å². The van der Waals surface area contributed by atoms with E-state index in [9.17, 15) is 4.79 Å². The number of likely N-dealkylation sites (tertiary alicyclic amines) is 1. The molecule has 0 atom stereocenters. The third kappa shape index (κ3) is 7.11. The molecule has 0 saturated carbocycles. The molecule has 0 aliphatic carbocycles. The van der Waals surface area contributed by atoms with Crippen molar-refractivity contribution in [3.63, 3.8) is 0 Å². The second kappa shape index (κ2) is 11.3. The summed E-state index contributed by atoms with van der Waals surface area (Å²) in [5, 5.41) is 6.13. The largest absolute Gasteiger partial charge is 0.382 e. The number of guanidine groups is 1. The first-order chi connectivity index (χ1) is 10.7. The monoisotopic (exact) mass is 312 g/mol. The van der Waals surface area contributed by atoms with Gasteiger partial charge in [0.25, 0.3) is 0 Å². The Balaban J connectivity index is 2.21. The van der Waals surface area contributed by atoms with Crippen molar-refractivity contribution in [3.05, 3.63) is 0 Å². The summed E-state index contributed by atoms with van der Waals surface area (Å²) < 4.78 is 5.33. The van der Waals surface area contributed by atoms with Gasteiger partial charge < -0.3 is 20.3 Å². The first kappa shape index (κ1) is 18.7. The molecule has 22 heavy (non-hydrogen) atoms. The van der Waals surface area contributed by atoms with Gasteiger partial charge in [0.05, 0.1) is 0 Å². The zero-order valence-corrected chi connectivity index (χ0v) is 14.4. The number of nitrogens with zero attached hydrogens (tertiary/aromatic N) is 2. The lowest BCUT2D eigenvalue weighted by atomic mass is 9.93. The van der Waals surface area contributed by atoms with Crippen molar-refractivity contribution in [2.24, 2.45) is 10.9 Å². The van der Waals surface area contributed by atoms with Crippen molar-refractivity contribution in [2.45, 2.75) is 39.0 Å². The number of amides is 1. The van der Waals surface area contributed by atoms with Crippen molar-refractivity contribution < 1.29 is 9.53 Å². The minimum atomic E-state index is 0.148. The maximum absolute atomic E-state index is 11.4. The minimum absolute atomic E-state index is 0.148. The van der Waals surface area contributed by atoms with E-state index in [-0.39, 0.29) is 5.91 Å². The van der Waals surface area contributed by atoms with Crippen LogP contribution in [0.25, 0.3) is 0 Å². The van der Waals surface area contributed by atoms with Crippen LogP contribution in [-0.2, 0) is 9.53 Å². The second-order valence-corrected chi connectivity index (χ2v) is 5.69. The smallest absolute Gasteiger partial charge is 0.220 e. The van der Waals surface area contributed by atoms with Gasteiger partial charge in [-0.05, 0) is 38.5 Å². The van der Waals surface area contributed by atoms with Crippen molar-refractivity contribution in [3.8, 4) is 0 Å². The van der Waals surface area contributed by atoms with E-state index < -0.39 is 0 Å². The number of hydrogen-bond donors (Lipinski definition) is 2. The molecule has 1 fully saturated rings. The molecule has 0 aromatic rings. The van der Waals surface area contributed by atoms with Crippen molar-refractivity contribution in [2.75, 3.05) is 46.9 Å². The normalized spacial score (nSPS) is 16.7. The molecule has 0 aromatic heterocycles. The third-order valence-corrected chi connectivity index (χ3v) is 4.08. The molecule has 128 valence electrons. The molecule has 1 rings (SSSR count). The Hall–Kier alpha value is -1.30. The van der Waals surface area contributed by atoms with Crippen LogP contribution in [0.3, 0.4) is 0 Å². The van der Waals surface area contributed by atoms with Crippen LogP contribution < -0.4 is 10.6 Å². The van der Waals surface area contributed by atoms with E-state index in [1.165, 1.54) is 0 Å². The van der Waals surface area contributed by atoms with Crippen molar-refractivity contribution in [1.82, 2.24) is 15.5 Å². The standard InChI is InChI=1S/C16H32N4O2/c1-4-22-12-6-5-9-19-16(18-3)20-10-7-14(8-11-20)13-15(21)17-2/h14H,4-13H2,1-3H3,(H,17,21)(H,18,19). The quantitative estimate of drug-likeness (QED) is 0.402. The lowest BCUT2D eigenvalue weighted by Crippen LogP contribution is -2.46. The average molecular weight is 312 g/mol. The van der Waals surface area contributed by atoms with E-state index in [1.54, 1.807) is 7.05 Å². The minimum Gasteiger partial charge on any atom is -0.382 e.